The molecule has 0 saturated carbocycles. The molecular weight excluding hydrogens is 376 g/mol. The second-order valence-corrected chi connectivity index (χ2v) is 7.45. The van der Waals surface area contributed by atoms with Crippen LogP contribution < -0.4 is 10.5 Å². The van der Waals surface area contributed by atoms with Gasteiger partial charge in [0.2, 0.25) is 10.0 Å². The second-order valence-electron chi connectivity index (χ2n) is 4.62. The van der Waals surface area contributed by atoms with Crippen LogP contribution in [0.2, 0.25) is 5.02 Å². The Morgan fingerprint density at radius 1 is 1.24 bits per heavy atom. The molecule has 7 heteroatoms. The first-order chi connectivity index (χ1) is 9.77. The molecule has 2 rings (SSSR count). The third-order valence-corrected chi connectivity index (χ3v) is 4.96. The van der Waals surface area contributed by atoms with Crippen LogP contribution in [-0.4, -0.2) is 8.42 Å². The van der Waals surface area contributed by atoms with E-state index in [-0.39, 0.29) is 4.90 Å². The Labute approximate surface area is 137 Å². The predicted octanol–water partition coefficient (Wildman–Crippen LogP) is 3.67. The minimum atomic E-state index is -3.69. The lowest BCUT2D eigenvalue weighted by molar-refractivity contribution is 0.598. The number of hydrogen-bond acceptors (Lipinski definition) is 3. The van der Waals surface area contributed by atoms with E-state index in [0.717, 1.165) is 21.8 Å². The van der Waals surface area contributed by atoms with E-state index in [1.165, 1.54) is 12.1 Å². The van der Waals surface area contributed by atoms with Gasteiger partial charge in [0.25, 0.3) is 0 Å². The van der Waals surface area contributed by atoms with Crippen LogP contribution in [0, 0.1) is 6.92 Å². The van der Waals surface area contributed by atoms with Gasteiger partial charge in [0.1, 0.15) is 0 Å². The van der Waals surface area contributed by atoms with Gasteiger partial charge in [-0.2, -0.15) is 0 Å². The Morgan fingerprint density at radius 3 is 2.52 bits per heavy atom. The van der Waals surface area contributed by atoms with Gasteiger partial charge >= 0.3 is 0 Å². The van der Waals surface area contributed by atoms with Crippen molar-refractivity contribution in [1.29, 1.82) is 0 Å². The SMILES string of the molecule is Cc1ccc(CNc2ccc(S(N)(=O)=O)cc2Br)cc1Cl. The summed E-state index contributed by atoms with van der Waals surface area (Å²) in [4.78, 5) is 0.0679. The van der Waals surface area contributed by atoms with E-state index in [2.05, 4.69) is 21.2 Å². The van der Waals surface area contributed by atoms with Gasteiger partial charge < -0.3 is 5.32 Å². The van der Waals surface area contributed by atoms with E-state index in [4.69, 9.17) is 16.7 Å². The highest BCUT2D eigenvalue weighted by Gasteiger charge is 2.10. The van der Waals surface area contributed by atoms with E-state index in [0.29, 0.717) is 11.0 Å². The number of hydrogen-bond donors (Lipinski definition) is 2. The summed E-state index contributed by atoms with van der Waals surface area (Å²) in [6.07, 6.45) is 0. The maximum Gasteiger partial charge on any atom is 0.238 e. The quantitative estimate of drug-likeness (QED) is 0.838. The Kier molecular flexibility index (Phi) is 4.93. The molecule has 3 N–H and O–H groups in total. The van der Waals surface area contributed by atoms with Gasteiger partial charge in [-0.25, -0.2) is 13.6 Å². The van der Waals surface area contributed by atoms with Crippen molar-refractivity contribution >= 4 is 43.2 Å². The number of halogens is 2. The van der Waals surface area contributed by atoms with Crippen molar-refractivity contribution in [3.63, 3.8) is 0 Å². The molecule has 0 amide bonds. The van der Waals surface area contributed by atoms with Gasteiger partial charge in [0.05, 0.1) is 4.90 Å². The van der Waals surface area contributed by atoms with Crippen LogP contribution in [0.25, 0.3) is 0 Å². The van der Waals surface area contributed by atoms with Gasteiger partial charge in [0, 0.05) is 21.7 Å². The Balaban J connectivity index is 2.15. The fourth-order valence-corrected chi connectivity index (χ4v) is 3.17. The second kappa shape index (κ2) is 6.36. The zero-order chi connectivity index (χ0) is 15.6. The summed E-state index contributed by atoms with van der Waals surface area (Å²) in [6, 6.07) is 10.4. The lowest BCUT2D eigenvalue weighted by atomic mass is 10.1. The molecule has 0 bridgehead atoms. The van der Waals surface area contributed by atoms with Crippen molar-refractivity contribution in [3.05, 3.63) is 57.0 Å². The first kappa shape index (κ1) is 16.3. The van der Waals surface area contributed by atoms with E-state index < -0.39 is 10.0 Å². The highest BCUT2D eigenvalue weighted by atomic mass is 79.9. The lowest BCUT2D eigenvalue weighted by Gasteiger charge is -2.10. The van der Waals surface area contributed by atoms with Crippen LogP contribution in [0.15, 0.2) is 45.8 Å². The van der Waals surface area contributed by atoms with Crippen molar-refractivity contribution in [3.8, 4) is 0 Å². The van der Waals surface area contributed by atoms with Gasteiger partial charge in [-0.1, -0.05) is 23.7 Å². The Morgan fingerprint density at radius 2 is 1.95 bits per heavy atom. The fraction of sp³-hybridized carbons (Fsp3) is 0.143. The standard InChI is InChI=1S/C14H14BrClN2O2S/c1-9-2-3-10(6-13(9)16)8-18-14-5-4-11(7-12(14)15)21(17,19)20/h2-7,18H,8H2,1H3,(H2,17,19,20). The number of nitrogens with two attached hydrogens (primary N) is 1. The number of nitrogens with one attached hydrogen (secondary N) is 1. The number of sulfonamides is 1. The normalized spacial score (nSPS) is 11.4. The molecule has 0 aliphatic heterocycles. The van der Waals surface area contributed by atoms with E-state index in [1.807, 2.05) is 25.1 Å². The molecule has 0 fully saturated rings. The Bertz CT molecular complexity index is 779. The average Bonchev–Trinajstić information content (AvgIpc) is 2.40. The highest BCUT2D eigenvalue weighted by Crippen LogP contribution is 2.26. The molecule has 0 aromatic heterocycles. The highest BCUT2D eigenvalue weighted by molar-refractivity contribution is 9.10. The number of anilines is 1. The molecule has 2 aromatic carbocycles. The lowest BCUT2D eigenvalue weighted by Crippen LogP contribution is -2.12. The zero-order valence-corrected chi connectivity index (χ0v) is 14.4. The Hall–Kier alpha value is -1.08. The average molecular weight is 390 g/mol. The van der Waals surface area contributed by atoms with E-state index in [1.54, 1.807) is 6.07 Å². The van der Waals surface area contributed by atoms with Crippen molar-refractivity contribution in [2.45, 2.75) is 18.4 Å². The van der Waals surface area contributed by atoms with Crippen molar-refractivity contribution < 1.29 is 8.42 Å². The molecular formula is C14H14BrClN2O2S. The molecule has 0 aliphatic carbocycles. The van der Waals surface area contributed by atoms with Crippen LogP contribution >= 0.6 is 27.5 Å². The van der Waals surface area contributed by atoms with E-state index >= 15 is 0 Å². The van der Waals surface area contributed by atoms with Crippen LogP contribution in [0.3, 0.4) is 0 Å². The molecule has 0 saturated heterocycles. The first-order valence-corrected chi connectivity index (χ1v) is 8.80. The number of primary sulfonamides is 1. The maximum atomic E-state index is 11.3. The summed E-state index contributed by atoms with van der Waals surface area (Å²) in [5, 5.41) is 9.02. The molecule has 4 nitrogen and oxygen atoms in total. The minimum absolute atomic E-state index is 0.0679. The van der Waals surface area contributed by atoms with Crippen LogP contribution in [0.1, 0.15) is 11.1 Å². The number of benzene rings is 2. The molecule has 2 aromatic rings. The van der Waals surface area contributed by atoms with Crippen molar-refractivity contribution in [1.82, 2.24) is 0 Å². The summed E-state index contributed by atoms with van der Waals surface area (Å²) in [5.41, 5.74) is 2.84. The summed E-state index contributed by atoms with van der Waals surface area (Å²) >= 11 is 9.41. The van der Waals surface area contributed by atoms with Gasteiger partial charge in [-0.15, -0.1) is 0 Å². The molecule has 0 heterocycles. The first-order valence-electron chi connectivity index (χ1n) is 6.08. The third-order valence-electron chi connectivity index (χ3n) is 2.99. The molecule has 0 unspecified atom stereocenters. The molecule has 0 atom stereocenters. The maximum absolute atomic E-state index is 11.3. The zero-order valence-electron chi connectivity index (χ0n) is 11.2. The number of rotatable bonds is 4. The minimum Gasteiger partial charge on any atom is -0.380 e. The molecule has 0 radical (unpaired) electrons. The largest absolute Gasteiger partial charge is 0.380 e. The van der Waals surface area contributed by atoms with Gasteiger partial charge in [0.15, 0.2) is 0 Å². The summed E-state index contributed by atoms with van der Waals surface area (Å²) in [5.74, 6) is 0. The van der Waals surface area contributed by atoms with E-state index in [9.17, 15) is 8.42 Å². The van der Waals surface area contributed by atoms with Crippen LogP contribution in [0.5, 0.6) is 0 Å². The number of aryl methyl sites for hydroxylation is 1. The van der Waals surface area contributed by atoms with Crippen LogP contribution in [-0.2, 0) is 16.6 Å². The smallest absolute Gasteiger partial charge is 0.238 e. The summed E-state index contributed by atoms with van der Waals surface area (Å²) in [7, 11) is -3.69. The summed E-state index contributed by atoms with van der Waals surface area (Å²) < 4.78 is 23.2. The third kappa shape index (κ3) is 4.20. The monoisotopic (exact) mass is 388 g/mol. The predicted molar refractivity (Wildman–Crippen MR) is 89.0 cm³/mol. The molecule has 112 valence electrons. The van der Waals surface area contributed by atoms with Crippen LogP contribution in [0.4, 0.5) is 5.69 Å². The fourth-order valence-electron chi connectivity index (χ4n) is 1.76. The topological polar surface area (TPSA) is 72.2 Å². The molecule has 21 heavy (non-hydrogen) atoms. The van der Waals surface area contributed by atoms with Crippen molar-refractivity contribution in [2.24, 2.45) is 5.14 Å². The summed E-state index contributed by atoms with van der Waals surface area (Å²) in [6.45, 7) is 2.52. The molecule has 0 spiro atoms. The van der Waals surface area contributed by atoms with Crippen molar-refractivity contribution in [2.75, 3.05) is 5.32 Å². The van der Waals surface area contributed by atoms with Gasteiger partial charge in [-0.05, 0) is 58.2 Å². The molecule has 0 aliphatic rings. The van der Waals surface area contributed by atoms with Gasteiger partial charge in [-0.3, -0.25) is 0 Å².